The van der Waals surface area contributed by atoms with E-state index < -0.39 is 0 Å². The first-order valence-corrected chi connectivity index (χ1v) is 7.91. The highest BCUT2D eigenvalue weighted by atomic mass is 16.5. The first kappa shape index (κ1) is 16.2. The molecule has 7 nitrogen and oxygen atoms in total. The van der Waals surface area contributed by atoms with E-state index >= 15 is 0 Å². The summed E-state index contributed by atoms with van der Waals surface area (Å²) in [6, 6.07) is 3.86. The van der Waals surface area contributed by atoms with Crippen LogP contribution in [0, 0.1) is 12.8 Å². The average molecular weight is 321 g/mol. The standard InChI is InChI=1S/C16H23N3O4/c1-10-18-16(23-19-10)11-5-12(15(20)6-11)7-17-8-13-3-4-14(22-13)9-21-2/h3-4,11-12,15,17,20H,5-9H2,1-2H3/t11-,12+,15+/m0/s1. The van der Waals surface area contributed by atoms with E-state index in [1.165, 1.54) is 0 Å². The number of nitrogens with zero attached hydrogens (tertiary/aromatic N) is 2. The van der Waals surface area contributed by atoms with E-state index in [2.05, 4.69) is 15.5 Å². The van der Waals surface area contributed by atoms with Crippen molar-refractivity contribution in [2.75, 3.05) is 13.7 Å². The van der Waals surface area contributed by atoms with Crippen molar-refractivity contribution in [2.45, 2.75) is 44.9 Å². The van der Waals surface area contributed by atoms with Gasteiger partial charge in [0.05, 0.1) is 12.6 Å². The number of rotatable bonds is 7. The van der Waals surface area contributed by atoms with Crippen LogP contribution >= 0.6 is 0 Å². The minimum atomic E-state index is -0.347. The van der Waals surface area contributed by atoms with Crippen molar-refractivity contribution in [3.8, 4) is 0 Å². The molecular formula is C16H23N3O4. The molecule has 0 radical (unpaired) electrons. The second-order valence-corrected chi connectivity index (χ2v) is 6.11. The first-order valence-electron chi connectivity index (χ1n) is 7.91. The Bertz CT molecular complexity index is 624. The number of aryl methyl sites for hydroxylation is 1. The van der Waals surface area contributed by atoms with Crippen molar-refractivity contribution in [1.29, 1.82) is 0 Å². The van der Waals surface area contributed by atoms with Crippen LogP contribution in [0.1, 0.15) is 42.0 Å². The normalized spacial score (nSPS) is 24.4. The van der Waals surface area contributed by atoms with E-state index in [4.69, 9.17) is 13.7 Å². The van der Waals surface area contributed by atoms with Gasteiger partial charge in [0.2, 0.25) is 5.89 Å². The van der Waals surface area contributed by atoms with Crippen molar-refractivity contribution in [3.05, 3.63) is 35.4 Å². The highest BCUT2D eigenvalue weighted by molar-refractivity contribution is 5.06. The Kier molecular flexibility index (Phi) is 5.09. The number of aromatic nitrogens is 2. The number of aliphatic hydroxyl groups excluding tert-OH is 1. The summed E-state index contributed by atoms with van der Waals surface area (Å²) in [5, 5.41) is 17.4. The van der Waals surface area contributed by atoms with Gasteiger partial charge in [-0.2, -0.15) is 4.98 Å². The van der Waals surface area contributed by atoms with Gasteiger partial charge in [0.25, 0.3) is 0 Å². The molecule has 0 bridgehead atoms. The van der Waals surface area contributed by atoms with E-state index in [0.717, 1.165) is 24.5 Å². The lowest BCUT2D eigenvalue weighted by molar-refractivity contribution is 0.130. The first-order chi connectivity index (χ1) is 11.2. The predicted molar refractivity (Wildman–Crippen MR) is 81.6 cm³/mol. The van der Waals surface area contributed by atoms with Crippen LogP contribution in [0.4, 0.5) is 0 Å². The van der Waals surface area contributed by atoms with Crippen LogP contribution < -0.4 is 5.32 Å². The third-order valence-corrected chi connectivity index (χ3v) is 4.26. The Balaban J connectivity index is 1.46. The summed E-state index contributed by atoms with van der Waals surface area (Å²) in [6.07, 6.45) is 1.18. The summed E-state index contributed by atoms with van der Waals surface area (Å²) in [4.78, 5) is 4.27. The molecule has 3 atom stereocenters. The molecule has 0 unspecified atom stereocenters. The van der Waals surface area contributed by atoms with E-state index in [1.807, 2.05) is 12.1 Å². The van der Waals surface area contributed by atoms with Crippen molar-refractivity contribution in [1.82, 2.24) is 15.5 Å². The molecule has 1 aliphatic carbocycles. The quantitative estimate of drug-likeness (QED) is 0.802. The van der Waals surface area contributed by atoms with Crippen molar-refractivity contribution in [3.63, 3.8) is 0 Å². The molecule has 2 N–H and O–H groups in total. The topological polar surface area (TPSA) is 93.5 Å². The van der Waals surface area contributed by atoms with Crippen LogP contribution in [0.2, 0.25) is 0 Å². The fourth-order valence-electron chi connectivity index (χ4n) is 3.12. The number of hydrogen-bond donors (Lipinski definition) is 2. The number of aliphatic hydroxyl groups is 1. The third kappa shape index (κ3) is 3.99. The largest absolute Gasteiger partial charge is 0.462 e. The van der Waals surface area contributed by atoms with Gasteiger partial charge in [-0.05, 0) is 37.8 Å². The average Bonchev–Trinajstić information content (AvgIpc) is 3.22. The number of furan rings is 1. The van der Waals surface area contributed by atoms with Crippen LogP contribution in [-0.4, -0.2) is 35.0 Å². The summed E-state index contributed by atoms with van der Waals surface area (Å²) in [7, 11) is 1.64. The zero-order valence-corrected chi connectivity index (χ0v) is 13.5. The van der Waals surface area contributed by atoms with Crippen molar-refractivity contribution >= 4 is 0 Å². The summed E-state index contributed by atoms with van der Waals surface area (Å²) >= 11 is 0. The number of nitrogens with one attached hydrogen (secondary N) is 1. The molecule has 0 spiro atoms. The molecule has 0 aliphatic heterocycles. The fraction of sp³-hybridized carbons (Fsp3) is 0.625. The summed E-state index contributed by atoms with van der Waals surface area (Å²) < 4.78 is 15.9. The maximum Gasteiger partial charge on any atom is 0.229 e. The van der Waals surface area contributed by atoms with Gasteiger partial charge >= 0.3 is 0 Å². The molecule has 1 aliphatic rings. The van der Waals surface area contributed by atoms with E-state index in [0.29, 0.717) is 31.3 Å². The Labute approximate surface area is 135 Å². The molecule has 3 rings (SSSR count). The number of hydrogen-bond acceptors (Lipinski definition) is 7. The van der Waals surface area contributed by atoms with Crippen LogP contribution in [0.15, 0.2) is 21.1 Å². The smallest absolute Gasteiger partial charge is 0.229 e. The zero-order valence-electron chi connectivity index (χ0n) is 13.5. The van der Waals surface area contributed by atoms with Gasteiger partial charge in [-0.3, -0.25) is 0 Å². The maximum absolute atomic E-state index is 10.2. The zero-order chi connectivity index (χ0) is 16.2. The Hall–Kier alpha value is -1.70. The maximum atomic E-state index is 10.2. The molecule has 0 aromatic carbocycles. The SMILES string of the molecule is COCc1ccc(CNC[C@H]2C[C@H](c3nc(C)no3)C[C@H]2O)o1. The molecule has 7 heteroatoms. The molecule has 1 saturated carbocycles. The van der Waals surface area contributed by atoms with Crippen molar-refractivity contribution in [2.24, 2.45) is 5.92 Å². The monoisotopic (exact) mass is 321 g/mol. The van der Waals surface area contributed by atoms with Crippen LogP contribution in [0.3, 0.4) is 0 Å². The van der Waals surface area contributed by atoms with Gasteiger partial charge < -0.3 is 24.1 Å². The lowest BCUT2D eigenvalue weighted by Crippen LogP contribution is -2.27. The Morgan fingerprint density at radius 2 is 2.17 bits per heavy atom. The van der Waals surface area contributed by atoms with Crippen molar-refractivity contribution < 1.29 is 18.8 Å². The van der Waals surface area contributed by atoms with Crippen LogP contribution in [0.25, 0.3) is 0 Å². The Morgan fingerprint density at radius 1 is 1.35 bits per heavy atom. The molecule has 2 aromatic rings. The van der Waals surface area contributed by atoms with Gasteiger partial charge in [0, 0.05) is 19.6 Å². The minimum absolute atomic E-state index is 0.148. The lowest BCUT2D eigenvalue weighted by atomic mass is 10.0. The summed E-state index contributed by atoms with van der Waals surface area (Å²) in [5.74, 6) is 3.29. The highest BCUT2D eigenvalue weighted by Gasteiger charge is 2.36. The fourth-order valence-corrected chi connectivity index (χ4v) is 3.12. The van der Waals surface area contributed by atoms with E-state index in [-0.39, 0.29) is 17.9 Å². The van der Waals surface area contributed by atoms with Gasteiger partial charge in [-0.1, -0.05) is 5.16 Å². The Morgan fingerprint density at radius 3 is 2.91 bits per heavy atom. The second kappa shape index (κ2) is 7.25. The molecular weight excluding hydrogens is 298 g/mol. The molecule has 0 amide bonds. The van der Waals surface area contributed by atoms with Gasteiger partial charge in [-0.25, -0.2) is 0 Å². The van der Waals surface area contributed by atoms with Gasteiger partial charge in [0.15, 0.2) is 5.82 Å². The van der Waals surface area contributed by atoms with Gasteiger partial charge in [0.1, 0.15) is 18.1 Å². The molecule has 126 valence electrons. The van der Waals surface area contributed by atoms with Crippen LogP contribution in [0.5, 0.6) is 0 Å². The molecule has 1 fully saturated rings. The molecule has 2 heterocycles. The number of methoxy groups -OCH3 is 1. The lowest BCUT2D eigenvalue weighted by Gasteiger charge is -2.14. The molecule has 23 heavy (non-hydrogen) atoms. The highest BCUT2D eigenvalue weighted by Crippen LogP contribution is 2.37. The van der Waals surface area contributed by atoms with Crippen LogP contribution in [-0.2, 0) is 17.9 Å². The third-order valence-electron chi connectivity index (χ3n) is 4.26. The molecule has 2 aromatic heterocycles. The van der Waals surface area contributed by atoms with Gasteiger partial charge in [-0.15, -0.1) is 0 Å². The second-order valence-electron chi connectivity index (χ2n) is 6.11. The summed E-state index contributed by atoms with van der Waals surface area (Å²) in [6.45, 7) is 3.65. The summed E-state index contributed by atoms with van der Waals surface area (Å²) in [5.41, 5.74) is 0. The van der Waals surface area contributed by atoms with E-state index in [1.54, 1.807) is 14.0 Å². The predicted octanol–water partition coefficient (Wildman–Crippen LogP) is 1.76. The molecule has 0 saturated heterocycles. The number of ether oxygens (including phenoxy) is 1. The van der Waals surface area contributed by atoms with E-state index in [9.17, 15) is 5.11 Å². The minimum Gasteiger partial charge on any atom is -0.462 e.